The SMILES string of the molecule is C/C(N)=C/C1=NCCCNC1.C=C. The molecular weight excluding hydrogens is 162 g/mol. The first-order chi connectivity index (χ1) is 6.29. The van der Waals surface area contributed by atoms with E-state index in [0.29, 0.717) is 0 Å². The third kappa shape index (κ3) is 6.11. The molecule has 0 bridgehead atoms. The van der Waals surface area contributed by atoms with Gasteiger partial charge in [0.05, 0.1) is 5.71 Å². The predicted molar refractivity (Wildman–Crippen MR) is 59.0 cm³/mol. The van der Waals surface area contributed by atoms with Gasteiger partial charge >= 0.3 is 0 Å². The number of hydrogen-bond donors (Lipinski definition) is 2. The van der Waals surface area contributed by atoms with Crippen LogP contribution in [0.3, 0.4) is 0 Å². The summed E-state index contributed by atoms with van der Waals surface area (Å²) in [7, 11) is 0. The van der Waals surface area contributed by atoms with Crippen LogP contribution >= 0.6 is 0 Å². The highest BCUT2D eigenvalue weighted by Gasteiger charge is 1.99. The second-order valence-electron chi connectivity index (χ2n) is 2.79. The zero-order valence-corrected chi connectivity index (χ0v) is 8.34. The largest absolute Gasteiger partial charge is 0.402 e. The molecule has 0 unspecified atom stereocenters. The number of nitrogens with one attached hydrogen (secondary N) is 1. The van der Waals surface area contributed by atoms with Crippen molar-refractivity contribution in [2.75, 3.05) is 19.6 Å². The molecule has 1 aliphatic heterocycles. The third-order valence-electron chi connectivity index (χ3n) is 1.53. The van der Waals surface area contributed by atoms with Crippen molar-refractivity contribution in [2.45, 2.75) is 13.3 Å². The van der Waals surface area contributed by atoms with E-state index in [4.69, 9.17) is 5.73 Å². The minimum absolute atomic E-state index is 0.826. The van der Waals surface area contributed by atoms with E-state index in [-0.39, 0.29) is 0 Å². The number of aliphatic imine (C=N–C) groups is 1. The Hall–Kier alpha value is -1.09. The molecule has 0 aromatic carbocycles. The van der Waals surface area contributed by atoms with Crippen molar-refractivity contribution in [1.29, 1.82) is 0 Å². The fourth-order valence-corrected chi connectivity index (χ4v) is 1.06. The summed E-state index contributed by atoms with van der Waals surface area (Å²) in [5.74, 6) is 0. The Bertz CT molecular complexity index is 190. The van der Waals surface area contributed by atoms with Crippen LogP contribution in [-0.4, -0.2) is 25.3 Å². The van der Waals surface area contributed by atoms with Gasteiger partial charge in [0, 0.05) is 18.8 Å². The highest BCUT2D eigenvalue weighted by molar-refractivity contribution is 5.97. The molecule has 3 N–H and O–H groups in total. The quantitative estimate of drug-likeness (QED) is 0.595. The van der Waals surface area contributed by atoms with Crippen molar-refractivity contribution in [3.63, 3.8) is 0 Å². The molecule has 1 heterocycles. The average Bonchev–Trinajstić information content (AvgIpc) is 2.36. The molecule has 13 heavy (non-hydrogen) atoms. The van der Waals surface area contributed by atoms with Gasteiger partial charge in [-0.2, -0.15) is 0 Å². The third-order valence-corrected chi connectivity index (χ3v) is 1.53. The van der Waals surface area contributed by atoms with Crippen LogP contribution in [0.15, 0.2) is 29.9 Å². The zero-order chi connectivity index (χ0) is 10.1. The summed E-state index contributed by atoms with van der Waals surface area (Å²) in [6.07, 6.45) is 3.05. The predicted octanol–water partition coefficient (Wildman–Crippen LogP) is 1.09. The van der Waals surface area contributed by atoms with Crippen molar-refractivity contribution in [3.8, 4) is 0 Å². The van der Waals surface area contributed by atoms with Gasteiger partial charge in [0.1, 0.15) is 0 Å². The molecule has 1 rings (SSSR count). The van der Waals surface area contributed by atoms with Gasteiger partial charge in [-0.1, -0.05) is 0 Å². The van der Waals surface area contributed by atoms with Crippen LogP contribution in [0.5, 0.6) is 0 Å². The van der Waals surface area contributed by atoms with Gasteiger partial charge in [-0.05, 0) is 26.0 Å². The van der Waals surface area contributed by atoms with E-state index < -0.39 is 0 Å². The first-order valence-corrected chi connectivity index (χ1v) is 4.47. The Kier molecular flexibility index (Phi) is 6.92. The highest BCUT2D eigenvalue weighted by atomic mass is 14.9. The van der Waals surface area contributed by atoms with Crippen molar-refractivity contribution in [3.05, 3.63) is 24.9 Å². The summed E-state index contributed by atoms with van der Waals surface area (Å²) in [6, 6.07) is 0. The minimum atomic E-state index is 0.826. The average molecular weight is 181 g/mol. The summed E-state index contributed by atoms with van der Waals surface area (Å²) >= 11 is 0. The monoisotopic (exact) mass is 181 g/mol. The summed E-state index contributed by atoms with van der Waals surface area (Å²) in [6.45, 7) is 10.7. The minimum Gasteiger partial charge on any atom is -0.402 e. The van der Waals surface area contributed by atoms with Gasteiger partial charge in [-0.15, -0.1) is 13.2 Å². The van der Waals surface area contributed by atoms with Gasteiger partial charge in [0.2, 0.25) is 0 Å². The molecule has 0 amide bonds. The molecule has 74 valence electrons. The van der Waals surface area contributed by atoms with E-state index in [1.165, 1.54) is 0 Å². The molecule has 0 aromatic rings. The molecule has 0 fully saturated rings. The van der Waals surface area contributed by atoms with Crippen LogP contribution < -0.4 is 11.1 Å². The number of nitrogens with two attached hydrogens (primary N) is 1. The van der Waals surface area contributed by atoms with Crippen LogP contribution in [-0.2, 0) is 0 Å². The number of allylic oxidation sites excluding steroid dienone is 1. The summed E-state index contributed by atoms with van der Waals surface area (Å²) in [4.78, 5) is 4.36. The standard InChI is InChI=1S/C8H15N3.C2H4/c1-7(9)5-8-6-10-3-2-4-11-8;1-2/h5,10H,2-4,6,9H2,1H3;1-2H2/b7-5-;. The van der Waals surface area contributed by atoms with Crippen LogP contribution in [0, 0.1) is 0 Å². The van der Waals surface area contributed by atoms with Crippen molar-refractivity contribution in [1.82, 2.24) is 5.32 Å². The Morgan fingerprint density at radius 3 is 2.92 bits per heavy atom. The Balaban J connectivity index is 0.000000671. The first kappa shape index (κ1) is 11.9. The molecule has 0 radical (unpaired) electrons. The summed E-state index contributed by atoms with van der Waals surface area (Å²) in [5, 5.41) is 3.27. The van der Waals surface area contributed by atoms with Crippen LogP contribution in [0.4, 0.5) is 0 Å². The number of hydrogen-bond acceptors (Lipinski definition) is 3. The first-order valence-electron chi connectivity index (χ1n) is 4.47. The molecular formula is C10H19N3. The molecule has 0 atom stereocenters. The maximum Gasteiger partial charge on any atom is 0.0503 e. The van der Waals surface area contributed by atoms with Gasteiger partial charge in [0.25, 0.3) is 0 Å². The highest BCUT2D eigenvalue weighted by Crippen LogP contribution is 1.92. The molecule has 1 aliphatic rings. The smallest absolute Gasteiger partial charge is 0.0503 e. The lowest BCUT2D eigenvalue weighted by atomic mass is 10.3. The molecule has 0 saturated carbocycles. The molecule has 3 heteroatoms. The summed E-state index contributed by atoms with van der Waals surface area (Å²) < 4.78 is 0. The van der Waals surface area contributed by atoms with Gasteiger partial charge in [-0.3, -0.25) is 4.99 Å². The van der Waals surface area contributed by atoms with Crippen molar-refractivity contribution in [2.24, 2.45) is 10.7 Å². The molecule has 3 nitrogen and oxygen atoms in total. The Morgan fingerprint density at radius 2 is 2.31 bits per heavy atom. The van der Waals surface area contributed by atoms with Gasteiger partial charge < -0.3 is 11.1 Å². The second kappa shape index (κ2) is 7.55. The van der Waals surface area contributed by atoms with E-state index in [1.807, 2.05) is 13.0 Å². The lowest BCUT2D eigenvalue weighted by Gasteiger charge is -1.98. The maximum atomic E-state index is 5.53. The Morgan fingerprint density at radius 1 is 1.62 bits per heavy atom. The molecule has 0 saturated heterocycles. The fraction of sp³-hybridized carbons (Fsp3) is 0.500. The van der Waals surface area contributed by atoms with Crippen molar-refractivity contribution < 1.29 is 0 Å². The number of rotatable bonds is 1. The van der Waals surface area contributed by atoms with Crippen molar-refractivity contribution >= 4 is 5.71 Å². The Labute approximate surface area is 80.4 Å². The molecule has 0 aromatic heterocycles. The molecule has 0 spiro atoms. The summed E-state index contributed by atoms with van der Waals surface area (Å²) in [5.41, 5.74) is 7.42. The second-order valence-corrected chi connectivity index (χ2v) is 2.79. The van der Waals surface area contributed by atoms with Gasteiger partial charge in [-0.25, -0.2) is 0 Å². The number of nitrogens with zero attached hydrogens (tertiary/aromatic N) is 1. The fourth-order valence-electron chi connectivity index (χ4n) is 1.06. The lowest BCUT2D eigenvalue weighted by Crippen LogP contribution is -2.21. The maximum absolute atomic E-state index is 5.53. The van der Waals surface area contributed by atoms with E-state index in [9.17, 15) is 0 Å². The lowest BCUT2D eigenvalue weighted by molar-refractivity contribution is 0.735. The van der Waals surface area contributed by atoms with E-state index in [0.717, 1.165) is 37.5 Å². The normalized spacial score (nSPS) is 17.9. The van der Waals surface area contributed by atoms with E-state index in [2.05, 4.69) is 23.5 Å². The van der Waals surface area contributed by atoms with E-state index in [1.54, 1.807) is 0 Å². The van der Waals surface area contributed by atoms with Crippen LogP contribution in [0.2, 0.25) is 0 Å². The van der Waals surface area contributed by atoms with Crippen LogP contribution in [0.1, 0.15) is 13.3 Å². The topological polar surface area (TPSA) is 50.4 Å². The zero-order valence-electron chi connectivity index (χ0n) is 8.34. The van der Waals surface area contributed by atoms with Crippen LogP contribution in [0.25, 0.3) is 0 Å². The molecule has 0 aliphatic carbocycles. The van der Waals surface area contributed by atoms with Gasteiger partial charge in [0.15, 0.2) is 0 Å². The van der Waals surface area contributed by atoms with E-state index >= 15 is 0 Å².